The Morgan fingerprint density at radius 1 is 0.688 bits per heavy atom. The second-order valence-corrected chi connectivity index (χ2v) is 23.0. The first kappa shape index (κ1) is 60.1. The molecular formula is C61H76F3N9O7. The fraction of sp³-hybridized carbons (Fsp3) is 0.475. The molecule has 0 spiro atoms. The van der Waals surface area contributed by atoms with E-state index in [1.807, 2.05) is 108 Å². The van der Waals surface area contributed by atoms with Crippen LogP contribution in [0.15, 0.2) is 97.8 Å². The first-order valence-corrected chi connectivity index (χ1v) is 27.5. The lowest BCUT2D eigenvalue weighted by Crippen LogP contribution is -2.62. The lowest BCUT2D eigenvalue weighted by molar-refractivity contribution is -0.153. The Bertz CT molecular complexity index is 3140. The van der Waals surface area contributed by atoms with Crippen molar-refractivity contribution in [1.29, 1.82) is 0 Å². The number of aromatic nitrogens is 2. The van der Waals surface area contributed by atoms with Crippen molar-refractivity contribution >= 4 is 63.0 Å². The van der Waals surface area contributed by atoms with E-state index in [4.69, 9.17) is 0 Å². The van der Waals surface area contributed by atoms with Gasteiger partial charge in [0.2, 0.25) is 41.4 Å². The molecule has 0 saturated carbocycles. The van der Waals surface area contributed by atoms with Gasteiger partial charge in [0.15, 0.2) is 0 Å². The number of pyridine rings is 1. The van der Waals surface area contributed by atoms with Crippen LogP contribution in [-0.4, -0.2) is 129 Å². The number of nitrogens with zero attached hydrogens (tertiary/aromatic N) is 5. The molecule has 0 aliphatic carbocycles. The zero-order valence-corrected chi connectivity index (χ0v) is 47.4. The second kappa shape index (κ2) is 24.8. The van der Waals surface area contributed by atoms with E-state index in [-0.39, 0.29) is 62.5 Å². The Kier molecular flexibility index (Phi) is 18.7. The van der Waals surface area contributed by atoms with Crippen molar-refractivity contribution in [1.82, 2.24) is 45.5 Å². The summed E-state index contributed by atoms with van der Waals surface area (Å²) in [6.07, 6.45) is 1.05. The molecule has 3 aromatic carbocycles. The van der Waals surface area contributed by atoms with Gasteiger partial charge in [-0.25, -0.2) is 0 Å². The number of hydrogen-bond acceptors (Lipinski definition) is 8. The molecule has 7 amide bonds. The molecule has 16 nitrogen and oxygen atoms in total. The predicted molar refractivity (Wildman–Crippen MR) is 301 cm³/mol. The fourth-order valence-electron chi connectivity index (χ4n) is 10.9. The standard InChI is InChI=1S/C61H76F3N9O7/c1-12-60(8,9)73-34-42(45-16-13-14-17-49(45)73)33-48-58(79)71(11)51(28-35(2)3)55(76)67-47(32-40-21-24-44-37(6)65-26-25-41(44)30-40)53(74)66-38(7)57(78)70(10)50-18-15-27-72(59(50)80)52(29-36(4)5)56(77)68-46(54(75)69-48)31-39-19-22-43(23-20-39)61(62,63)64/h12-14,16-17,19-26,30,34-36,38,46-48,50-52H,1,15,18,27-29,31-33H2,2-11H3,(H,66,74)(H,67,76)(H,68,77)(H,69,75)/t38-,46-,47-,48-,50-,51-,52-/m0/s1. The summed E-state index contributed by atoms with van der Waals surface area (Å²) in [5, 5.41) is 14.0. The number of benzene rings is 3. The third kappa shape index (κ3) is 13.7. The van der Waals surface area contributed by atoms with Gasteiger partial charge in [-0.1, -0.05) is 82.3 Å². The third-order valence-corrected chi connectivity index (χ3v) is 15.6. The minimum Gasteiger partial charge on any atom is -0.343 e. The molecule has 2 aliphatic rings. The average molecular weight is 1100 g/mol. The summed E-state index contributed by atoms with van der Waals surface area (Å²) in [5.74, 6) is -5.18. The molecule has 80 heavy (non-hydrogen) atoms. The van der Waals surface area contributed by atoms with Crippen LogP contribution < -0.4 is 21.3 Å². The van der Waals surface area contributed by atoms with Crippen LogP contribution >= 0.6 is 0 Å². The van der Waals surface area contributed by atoms with Crippen LogP contribution in [0, 0.1) is 18.8 Å². The molecule has 19 heteroatoms. The molecule has 0 radical (unpaired) electrons. The molecule has 2 fully saturated rings. The molecule has 5 aromatic rings. The van der Waals surface area contributed by atoms with Crippen molar-refractivity contribution < 1.29 is 46.7 Å². The van der Waals surface area contributed by atoms with Crippen molar-refractivity contribution in [2.75, 3.05) is 20.6 Å². The molecule has 0 unspecified atom stereocenters. The number of carbonyl (C=O) groups excluding carboxylic acids is 7. The summed E-state index contributed by atoms with van der Waals surface area (Å²) < 4.78 is 43.5. The first-order chi connectivity index (χ1) is 37.7. The molecular weight excluding hydrogens is 1030 g/mol. The van der Waals surface area contributed by atoms with E-state index in [9.17, 15) is 32.3 Å². The molecule has 7 atom stereocenters. The van der Waals surface area contributed by atoms with Crippen LogP contribution in [0.5, 0.6) is 0 Å². The minimum absolute atomic E-state index is 0.0316. The topological polar surface area (TPSA) is 195 Å². The Morgan fingerprint density at radius 3 is 1.91 bits per heavy atom. The molecule has 2 bridgehead atoms. The van der Waals surface area contributed by atoms with Crippen LogP contribution in [-0.2, 0) is 64.5 Å². The maximum atomic E-state index is 15.6. The second-order valence-electron chi connectivity index (χ2n) is 23.0. The highest BCUT2D eigenvalue weighted by Gasteiger charge is 2.43. The van der Waals surface area contributed by atoms with Crippen LogP contribution in [0.2, 0.25) is 0 Å². The monoisotopic (exact) mass is 1100 g/mol. The molecule has 7 rings (SSSR count). The van der Waals surface area contributed by atoms with Crippen LogP contribution in [0.4, 0.5) is 13.2 Å². The number of carbonyl (C=O) groups is 7. The maximum Gasteiger partial charge on any atom is 0.416 e. The largest absolute Gasteiger partial charge is 0.416 e. The smallest absolute Gasteiger partial charge is 0.343 e. The molecule has 428 valence electrons. The highest BCUT2D eigenvalue weighted by atomic mass is 19.4. The summed E-state index contributed by atoms with van der Waals surface area (Å²) in [6.45, 7) is 19.0. The van der Waals surface area contributed by atoms with Crippen molar-refractivity contribution in [3.8, 4) is 0 Å². The zero-order valence-electron chi connectivity index (χ0n) is 47.4. The number of halogens is 3. The third-order valence-electron chi connectivity index (χ3n) is 15.6. The maximum absolute atomic E-state index is 15.6. The van der Waals surface area contributed by atoms with E-state index in [1.54, 1.807) is 12.3 Å². The van der Waals surface area contributed by atoms with Crippen molar-refractivity contribution in [3.05, 3.63) is 126 Å². The highest BCUT2D eigenvalue weighted by Crippen LogP contribution is 2.32. The van der Waals surface area contributed by atoms with Crippen LogP contribution in [0.25, 0.3) is 21.7 Å². The molecule has 2 aliphatic heterocycles. The Morgan fingerprint density at radius 2 is 1.27 bits per heavy atom. The number of likely N-dealkylation sites (N-methyl/N-ethyl adjacent to an activating group) is 2. The highest BCUT2D eigenvalue weighted by molar-refractivity contribution is 5.99. The van der Waals surface area contributed by atoms with E-state index in [0.29, 0.717) is 17.5 Å². The average Bonchev–Trinajstić information content (AvgIpc) is 3.93. The number of para-hydroxylation sites is 1. The lowest BCUT2D eigenvalue weighted by atomic mass is 9.95. The van der Waals surface area contributed by atoms with Gasteiger partial charge in [-0.2, -0.15) is 13.2 Å². The van der Waals surface area contributed by atoms with Crippen LogP contribution in [0.1, 0.15) is 102 Å². The van der Waals surface area contributed by atoms with Crippen molar-refractivity contribution in [2.45, 2.75) is 154 Å². The molecule has 2 aromatic heterocycles. The Labute approximate surface area is 466 Å². The lowest BCUT2D eigenvalue weighted by Gasteiger charge is -2.41. The summed E-state index contributed by atoms with van der Waals surface area (Å²) >= 11 is 0. The van der Waals surface area contributed by atoms with Gasteiger partial charge in [-0.05, 0) is 112 Å². The normalized spacial score (nSPS) is 22.8. The molecule has 4 N–H and O–H groups in total. The van der Waals surface area contributed by atoms with Gasteiger partial charge in [-0.15, -0.1) is 6.58 Å². The summed E-state index contributed by atoms with van der Waals surface area (Å²) in [5.41, 5.74) is 1.63. The number of hydrogen-bond donors (Lipinski definition) is 4. The van der Waals surface area contributed by atoms with E-state index >= 15 is 14.4 Å². The number of alkyl halides is 3. The minimum atomic E-state index is -4.66. The van der Waals surface area contributed by atoms with Gasteiger partial charge in [0.05, 0.1) is 11.1 Å². The van der Waals surface area contributed by atoms with E-state index in [0.717, 1.165) is 39.5 Å². The van der Waals surface area contributed by atoms with Gasteiger partial charge in [-0.3, -0.25) is 38.5 Å². The van der Waals surface area contributed by atoms with Gasteiger partial charge >= 0.3 is 6.18 Å². The van der Waals surface area contributed by atoms with Crippen LogP contribution in [0.3, 0.4) is 0 Å². The SMILES string of the molecule is C=CC(C)(C)n1cc(C[C@@H]2NC(=O)[C@H](Cc3ccc(C(F)(F)F)cc3)NC(=O)[C@H](CC(C)C)N3CCC[C@@H](C3=O)N(C)C(=O)[C@H](C)NC(=O)[C@H](Cc3ccc4c(C)nccc4c3)NC(=O)[C@H](CC(C)C)N(C)C2=O)c2ccccc21. The van der Waals surface area contributed by atoms with E-state index < -0.39 is 101 Å². The van der Waals surface area contributed by atoms with Gasteiger partial charge < -0.3 is 40.5 Å². The number of piperidine rings is 1. The van der Waals surface area contributed by atoms with Gasteiger partial charge in [0.1, 0.15) is 42.3 Å². The quantitative estimate of drug-likeness (QED) is 0.0944. The summed E-state index contributed by atoms with van der Waals surface area (Å²) in [6, 6.07) is 10.3. The van der Waals surface area contributed by atoms with Gasteiger partial charge in [0.25, 0.3) is 0 Å². The number of rotatable bonds is 12. The number of fused-ring (bicyclic) bond motifs is 4. The predicted octanol–water partition coefficient (Wildman–Crippen LogP) is 7.18. The fourth-order valence-corrected chi connectivity index (χ4v) is 10.9. The Hall–Kier alpha value is -7.57. The summed E-state index contributed by atoms with van der Waals surface area (Å²) in [4.78, 5) is 113. The van der Waals surface area contributed by atoms with Crippen molar-refractivity contribution in [2.24, 2.45) is 11.8 Å². The number of amides is 7. The van der Waals surface area contributed by atoms with E-state index in [1.165, 1.54) is 47.9 Å². The van der Waals surface area contributed by atoms with Crippen molar-refractivity contribution in [3.63, 3.8) is 0 Å². The first-order valence-electron chi connectivity index (χ1n) is 27.5. The number of nitrogens with one attached hydrogen (secondary N) is 4. The number of aryl methyl sites for hydroxylation is 1. The zero-order chi connectivity index (χ0) is 58.5. The summed E-state index contributed by atoms with van der Waals surface area (Å²) in [7, 11) is 2.90. The Balaban J connectivity index is 1.37. The van der Waals surface area contributed by atoms with Gasteiger partial charge in [0, 0.05) is 74.3 Å². The molecule has 2 saturated heterocycles. The van der Waals surface area contributed by atoms with E-state index in [2.05, 4.69) is 32.8 Å². The molecule has 4 heterocycles. The number of allylic oxidation sites excluding steroid dienone is 1.